The van der Waals surface area contributed by atoms with E-state index >= 15 is 0 Å². The third-order valence-electron chi connectivity index (χ3n) is 2.06. The second-order valence-electron chi connectivity index (χ2n) is 3.24. The van der Waals surface area contributed by atoms with Crippen LogP contribution in [0.2, 0.25) is 15.1 Å². The molecule has 0 aliphatic heterocycles. The molecule has 0 spiro atoms. The van der Waals surface area contributed by atoms with E-state index in [0.29, 0.717) is 20.9 Å². The Hall–Kier alpha value is -0.960. The quantitative estimate of drug-likeness (QED) is 0.842. The maximum atomic E-state index is 5.91. The summed E-state index contributed by atoms with van der Waals surface area (Å²) >= 11 is 17.7. The summed E-state index contributed by atoms with van der Waals surface area (Å²) in [5.74, 6) is 0.391. The van der Waals surface area contributed by atoms with Crippen molar-refractivity contribution >= 4 is 40.6 Å². The number of aromatic nitrogens is 1. The molecule has 0 amide bonds. The largest absolute Gasteiger partial charge is 0.383 e. The maximum Gasteiger partial charge on any atom is 0.131 e. The third kappa shape index (κ3) is 2.40. The number of nitrogen functional groups attached to an aromatic ring is 1. The molecule has 0 saturated carbocycles. The van der Waals surface area contributed by atoms with Crippen LogP contribution in [0.25, 0.3) is 11.1 Å². The van der Waals surface area contributed by atoms with E-state index in [4.69, 9.17) is 40.5 Å². The van der Waals surface area contributed by atoms with E-state index in [1.807, 2.05) is 0 Å². The lowest BCUT2D eigenvalue weighted by molar-refractivity contribution is 1.34. The Morgan fingerprint density at radius 1 is 0.875 bits per heavy atom. The van der Waals surface area contributed by atoms with Gasteiger partial charge in [0.25, 0.3) is 0 Å². The van der Waals surface area contributed by atoms with Gasteiger partial charge in [0.2, 0.25) is 0 Å². The summed E-state index contributed by atoms with van der Waals surface area (Å²) in [4.78, 5) is 3.97. The van der Waals surface area contributed by atoms with Crippen LogP contribution in [0.5, 0.6) is 0 Å². The summed E-state index contributed by atoms with van der Waals surface area (Å²) in [5.41, 5.74) is 7.28. The molecule has 0 atom stereocenters. The van der Waals surface area contributed by atoms with E-state index in [2.05, 4.69) is 4.98 Å². The molecule has 0 aliphatic rings. The van der Waals surface area contributed by atoms with E-state index in [9.17, 15) is 0 Å². The number of hydrogen-bond acceptors (Lipinski definition) is 2. The lowest BCUT2D eigenvalue weighted by Gasteiger charge is -2.06. The first-order chi connectivity index (χ1) is 7.56. The van der Waals surface area contributed by atoms with E-state index in [1.54, 1.807) is 24.3 Å². The molecule has 2 nitrogen and oxygen atoms in total. The molecule has 2 aromatic rings. The van der Waals surface area contributed by atoms with Gasteiger partial charge in [0.15, 0.2) is 0 Å². The van der Waals surface area contributed by atoms with Crippen LogP contribution in [0, 0.1) is 0 Å². The highest BCUT2D eigenvalue weighted by atomic mass is 35.5. The molecule has 0 unspecified atom stereocenters. The van der Waals surface area contributed by atoms with Crippen LogP contribution in [-0.4, -0.2) is 4.98 Å². The Morgan fingerprint density at radius 2 is 1.50 bits per heavy atom. The summed E-state index contributed by atoms with van der Waals surface area (Å²) in [6.45, 7) is 0. The number of rotatable bonds is 1. The first-order valence-corrected chi connectivity index (χ1v) is 5.57. The van der Waals surface area contributed by atoms with Crippen molar-refractivity contribution in [2.24, 2.45) is 0 Å². The zero-order chi connectivity index (χ0) is 11.7. The highest BCUT2D eigenvalue weighted by molar-refractivity contribution is 6.35. The summed E-state index contributed by atoms with van der Waals surface area (Å²) < 4.78 is 0. The molecule has 82 valence electrons. The highest BCUT2D eigenvalue weighted by Gasteiger charge is 2.06. The van der Waals surface area contributed by atoms with Crippen LogP contribution in [0.1, 0.15) is 0 Å². The zero-order valence-corrected chi connectivity index (χ0v) is 10.3. The molecular weight excluding hydrogens is 266 g/mol. The van der Waals surface area contributed by atoms with Crippen molar-refractivity contribution in [1.29, 1.82) is 0 Å². The second kappa shape index (κ2) is 4.50. The first-order valence-electron chi connectivity index (χ1n) is 4.44. The normalized spacial score (nSPS) is 10.4. The smallest absolute Gasteiger partial charge is 0.131 e. The summed E-state index contributed by atoms with van der Waals surface area (Å²) in [6.07, 6.45) is 1.49. The average molecular weight is 274 g/mol. The van der Waals surface area contributed by atoms with Crippen molar-refractivity contribution in [1.82, 2.24) is 4.98 Å². The van der Waals surface area contributed by atoms with Gasteiger partial charge in [0.1, 0.15) is 5.82 Å². The maximum absolute atomic E-state index is 5.91. The molecule has 1 aromatic heterocycles. The second-order valence-corrected chi connectivity index (χ2v) is 4.55. The lowest BCUT2D eigenvalue weighted by atomic mass is 10.1. The Morgan fingerprint density at radius 3 is 2.12 bits per heavy atom. The minimum atomic E-state index is 0.391. The van der Waals surface area contributed by atoms with Crippen LogP contribution < -0.4 is 5.73 Å². The highest BCUT2D eigenvalue weighted by Crippen LogP contribution is 2.31. The van der Waals surface area contributed by atoms with Crippen molar-refractivity contribution < 1.29 is 0 Å². The van der Waals surface area contributed by atoms with Crippen LogP contribution in [-0.2, 0) is 0 Å². The fourth-order valence-corrected chi connectivity index (χ4v) is 2.07. The average Bonchev–Trinajstić information content (AvgIpc) is 2.20. The number of pyridine rings is 1. The SMILES string of the molecule is Nc1ncc(Cl)cc1-c1cc(Cl)cc(Cl)c1. The predicted octanol–water partition coefficient (Wildman–Crippen LogP) is 4.29. The fourth-order valence-electron chi connectivity index (χ4n) is 1.39. The number of nitrogens with two attached hydrogens (primary N) is 1. The summed E-state index contributed by atoms with van der Waals surface area (Å²) in [5, 5.41) is 1.60. The lowest BCUT2D eigenvalue weighted by Crippen LogP contribution is -1.93. The monoisotopic (exact) mass is 272 g/mol. The van der Waals surface area contributed by atoms with Crippen molar-refractivity contribution in [3.8, 4) is 11.1 Å². The van der Waals surface area contributed by atoms with Gasteiger partial charge >= 0.3 is 0 Å². The van der Waals surface area contributed by atoms with Gasteiger partial charge in [0.05, 0.1) is 5.02 Å². The van der Waals surface area contributed by atoms with Crippen LogP contribution in [0.4, 0.5) is 5.82 Å². The molecule has 0 bridgehead atoms. The molecule has 0 saturated heterocycles. The summed E-state index contributed by atoms with van der Waals surface area (Å²) in [7, 11) is 0. The molecule has 0 aliphatic carbocycles. The van der Waals surface area contributed by atoms with Crippen LogP contribution >= 0.6 is 34.8 Å². The molecule has 16 heavy (non-hydrogen) atoms. The van der Waals surface area contributed by atoms with Gasteiger partial charge in [-0.25, -0.2) is 4.98 Å². The molecule has 1 aromatic carbocycles. The minimum absolute atomic E-state index is 0.391. The van der Waals surface area contributed by atoms with Crippen molar-refractivity contribution in [3.05, 3.63) is 45.5 Å². The van der Waals surface area contributed by atoms with Gasteiger partial charge in [0, 0.05) is 21.8 Å². The Labute approximate surface area is 108 Å². The van der Waals surface area contributed by atoms with Gasteiger partial charge in [-0.15, -0.1) is 0 Å². The first kappa shape index (κ1) is 11.5. The molecule has 0 fully saturated rings. The Kier molecular flexibility index (Phi) is 3.24. The molecule has 2 rings (SSSR count). The molecule has 0 radical (unpaired) electrons. The van der Waals surface area contributed by atoms with Gasteiger partial charge in [-0.1, -0.05) is 34.8 Å². The number of benzene rings is 1. The zero-order valence-electron chi connectivity index (χ0n) is 8.05. The minimum Gasteiger partial charge on any atom is -0.383 e. The van der Waals surface area contributed by atoms with E-state index < -0.39 is 0 Å². The number of nitrogens with zero attached hydrogens (tertiary/aromatic N) is 1. The third-order valence-corrected chi connectivity index (χ3v) is 2.70. The van der Waals surface area contributed by atoms with Gasteiger partial charge < -0.3 is 5.73 Å². The van der Waals surface area contributed by atoms with E-state index in [0.717, 1.165) is 11.1 Å². The topological polar surface area (TPSA) is 38.9 Å². The number of halogens is 3. The molecule has 1 heterocycles. The van der Waals surface area contributed by atoms with E-state index in [-0.39, 0.29) is 0 Å². The standard InChI is InChI=1S/C11H7Cl3N2/c12-7-1-6(2-8(13)3-7)10-4-9(14)5-16-11(10)15/h1-5H,(H2,15,16). The number of hydrogen-bond donors (Lipinski definition) is 1. The molecular formula is C11H7Cl3N2. The van der Waals surface area contributed by atoms with E-state index in [1.165, 1.54) is 6.20 Å². The number of anilines is 1. The Bertz CT molecular complexity index is 520. The molecule has 2 N–H and O–H groups in total. The summed E-state index contributed by atoms with van der Waals surface area (Å²) in [6, 6.07) is 6.90. The van der Waals surface area contributed by atoms with Gasteiger partial charge in [-0.2, -0.15) is 0 Å². The molecule has 5 heteroatoms. The Balaban J connectivity index is 2.62. The van der Waals surface area contributed by atoms with Crippen LogP contribution in [0.15, 0.2) is 30.5 Å². The van der Waals surface area contributed by atoms with Crippen LogP contribution in [0.3, 0.4) is 0 Å². The predicted molar refractivity (Wildman–Crippen MR) is 69.1 cm³/mol. The van der Waals surface area contributed by atoms with Crippen molar-refractivity contribution in [2.75, 3.05) is 5.73 Å². The van der Waals surface area contributed by atoms with Gasteiger partial charge in [-0.05, 0) is 29.8 Å². The fraction of sp³-hybridized carbons (Fsp3) is 0. The van der Waals surface area contributed by atoms with Crippen molar-refractivity contribution in [3.63, 3.8) is 0 Å². The van der Waals surface area contributed by atoms with Crippen molar-refractivity contribution in [2.45, 2.75) is 0 Å². The van der Waals surface area contributed by atoms with Gasteiger partial charge in [-0.3, -0.25) is 0 Å².